The summed E-state index contributed by atoms with van der Waals surface area (Å²) in [6.07, 6.45) is 1.42. The molecule has 1 heterocycles. The first-order valence-corrected chi connectivity index (χ1v) is 5.65. The number of aromatic nitrogens is 2. The standard InChI is InChI=1S/C9H14BrN5O/c1-3-12-8-6(10)9(14-4-13-8)15-5(2)7(11)16/h4-5H,3H2,1-2H3,(H2,11,16)(H2,12,13,14,15). The third kappa shape index (κ3) is 3.06. The van der Waals surface area contributed by atoms with Crippen LogP contribution in [0.1, 0.15) is 13.8 Å². The van der Waals surface area contributed by atoms with Crippen molar-refractivity contribution in [2.75, 3.05) is 17.2 Å². The Hall–Kier alpha value is -1.37. The van der Waals surface area contributed by atoms with Gasteiger partial charge in [0, 0.05) is 6.54 Å². The maximum Gasteiger partial charge on any atom is 0.239 e. The summed E-state index contributed by atoms with van der Waals surface area (Å²) in [5.74, 6) is 0.782. The average molecular weight is 288 g/mol. The summed E-state index contributed by atoms with van der Waals surface area (Å²) in [5, 5.41) is 5.96. The van der Waals surface area contributed by atoms with Crippen LogP contribution in [0.3, 0.4) is 0 Å². The fourth-order valence-corrected chi connectivity index (χ4v) is 1.50. The van der Waals surface area contributed by atoms with Gasteiger partial charge in [0.2, 0.25) is 5.91 Å². The first-order chi connectivity index (χ1) is 7.56. The van der Waals surface area contributed by atoms with Gasteiger partial charge in [-0.15, -0.1) is 0 Å². The van der Waals surface area contributed by atoms with Crippen molar-refractivity contribution in [3.05, 3.63) is 10.8 Å². The number of carbonyl (C=O) groups excluding carboxylic acids is 1. The lowest BCUT2D eigenvalue weighted by Crippen LogP contribution is -2.33. The lowest BCUT2D eigenvalue weighted by atomic mass is 10.3. The molecule has 16 heavy (non-hydrogen) atoms. The number of halogens is 1. The van der Waals surface area contributed by atoms with Crippen molar-refractivity contribution in [1.82, 2.24) is 9.97 Å². The zero-order valence-corrected chi connectivity index (χ0v) is 10.7. The van der Waals surface area contributed by atoms with Gasteiger partial charge in [-0.3, -0.25) is 4.79 Å². The van der Waals surface area contributed by atoms with E-state index in [9.17, 15) is 4.79 Å². The number of primary amides is 1. The Morgan fingerprint density at radius 1 is 1.56 bits per heavy atom. The minimum absolute atomic E-state index is 0.435. The number of nitrogens with one attached hydrogen (secondary N) is 2. The first-order valence-electron chi connectivity index (χ1n) is 4.86. The zero-order chi connectivity index (χ0) is 12.1. The van der Waals surface area contributed by atoms with E-state index in [2.05, 4.69) is 36.5 Å². The van der Waals surface area contributed by atoms with Crippen LogP contribution in [0.25, 0.3) is 0 Å². The van der Waals surface area contributed by atoms with Crippen LogP contribution in [-0.4, -0.2) is 28.5 Å². The molecule has 0 spiro atoms. The molecule has 1 unspecified atom stereocenters. The van der Waals surface area contributed by atoms with Crippen LogP contribution in [0.4, 0.5) is 11.6 Å². The monoisotopic (exact) mass is 287 g/mol. The van der Waals surface area contributed by atoms with Gasteiger partial charge in [0.1, 0.15) is 28.5 Å². The van der Waals surface area contributed by atoms with Crippen molar-refractivity contribution in [2.45, 2.75) is 19.9 Å². The van der Waals surface area contributed by atoms with Gasteiger partial charge in [-0.05, 0) is 29.8 Å². The summed E-state index contributed by atoms with van der Waals surface area (Å²) in [5.41, 5.74) is 5.15. The lowest BCUT2D eigenvalue weighted by Gasteiger charge is -2.13. The van der Waals surface area contributed by atoms with Gasteiger partial charge in [0.05, 0.1) is 0 Å². The van der Waals surface area contributed by atoms with Crippen LogP contribution < -0.4 is 16.4 Å². The van der Waals surface area contributed by atoms with Crippen molar-refractivity contribution in [3.63, 3.8) is 0 Å². The second-order valence-electron chi connectivity index (χ2n) is 3.18. The van der Waals surface area contributed by atoms with E-state index >= 15 is 0 Å². The molecule has 7 heteroatoms. The van der Waals surface area contributed by atoms with Crippen molar-refractivity contribution in [3.8, 4) is 0 Å². The highest BCUT2D eigenvalue weighted by molar-refractivity contribution is 9.10. The Balaban J connectivity index is 2.88. The van der Waals surface area contributed by atoms with Crippen LogP contribution in [0.2, 0.25) is 0 Å². The van der Waals surface area contributed by atoms with E-state index < -0.39 is 11.9 Å². The molecule has 0 bridgehead atoms. The first kappa shape index (κ1) is 12.7. The SMILES string of the molecule is CCNc1ncnc(NC(C)C(N)=O)c1Br. The highest BCUT2D eigenvalue weighted by Crippen LogP contribution is 2.26. The van der Waals surface area contributed by atoms with Crippen molar-refractivity contribution in [2.24, 2.45) is 5.73 Å². The Kier molecular flexibility index (Phi) is 4.48. The Bertz CT molecular complexity index is 384. The van der Waals surface area contributed by atoms with Gasteiger partial charge in [0.15, 0.2) is 0 Å². The summed E-state index contributed by atoms with van der Waals surface area (Å²) >= 11 is 3.36. The van der Waals surface area contributed by atoms with Gasteiger partial charge in [-0.1, -0.05) is 0 Å². The topological polar surface area (TPSA) is 92.9 Å². The number of rotatable bonds is 5. The second kappa shape index (κ2) is 5.64. The summed E-state index contributed by atoms with van der Waals surface area (Å²) < 4.78 is 0.685. The quantitative estimate of drug-likeness (QED) is 0.750. The maximum atomic E-state index is 10.9. The van der Waals surface area contributed by atoms with E-state index in [4.69, 9.17) is 5.73 Å². The molecule has 0 aliphatic heterocycles. The van der Waals surface area contributed by atoms with Crippen LogP contribution >= 0.6 is 15.9 Å². The number of amides is 1. The predicted octanol–water partition coefficient (Wildman–Crippen LogP) is 0.957. The van der Waals surface area contributed by atoms with E-state index in [0.717, 1.165) is 6.54 Å². The molecule has 1 atom stereocenters. The van der Waals surface area contributed by atoms with E-state index in [0.29, 0.717) is 16.1 Å². The zero-order valence-electron chi connectivity index (χ0n) is 9.12. The number of nitrogens with two attached hydrogens (primary N) is 1. The number of nitrogens with zero attached hydrogens (tertiary/aromatic N) is 2. The molecule has 1 amide bonds. The van der Waals surface area contributed by atoms with Gasteiger partial charge >= 0.3 is 0 Å². The van der Waals surface area contributed by atoms with Crippen LogP contribution in [0.15, 0.2) is 10.8 Å². The summed E-state index contributed by atoms with van der Waals surface area (Å²) in [6.45, 7) is 4.39. The number of anilines is 2. The Morgan fingerprint density at radius 2 is 2.19 bits per heavy atom. The molecule has 0 saturated carbocycles. The summed E-state index contributed by atoms with van der Waals surface area (Å²) in [4.78, 5) is 19.0. The van der Waals surface area contributed by atoms with Crippen molar-refractivity contribution < 1.29 is 4.79 Å². The third-order valence-corrected chi connectivity index (χ3v) is 2.66. The largest absolute Gasteiger partial charge is 0.369 e. The van der Waals surface area contributed by atoms with Gasteiger partial charge in [-0.2, -0.15) is 0 Å². The molecule has 0 aliphatic carbocycles. The van der Waals surface area contributed by atoms with E-state index in [1.54, 1.807) is 6.92 Å². The Morgan fingerprint density at radius 3 is 2.75 bits per heavy atom. The summed E-state index contributed by atoms with van der Waals surface area (Å²) in [6, 6.07) is -0.485. The summed E-state index contributed by atoms with van der Waals surface area (Å²) in [7, 11) is 0. The van der Waals surface area contributed by atoms with Crippen LogP contribution in [0, 0.1) is 0 Å². The van der Waals surface area contributed by atoms with E-state index in [1.165, 1.54) is 6.33 Å². The highest BCUT2D eigenvalue weighted by atomic mass is 79.9. The smallest absolute Gasteiger partial charge is 0.239 e. The predicted molar refractivity (Wildman–Crippen MR) is 66.2 cm³/mol. The molecule has 4 N–H and O–H groups in total. The van der Waals surface area contributed by atoms with Gasteiger partial charge in [0.25, 0.3) is 0 Å². The number of hydrogen-bond donors (Lipinski definition) is 3. The highest BCUT2D eigenvalue weighted by Gasteiger charge is 2.13. The molecule has 6 nitrogen and oxygen atoms in total. The third-order valence-electron chi connectivity index (χ3n) is 1.91. The molecular formula is C9H14BrN5O. The number of hydrogen-bond acceptors (Lipinski definition) is 5. The van der Waals surface area contributed by atoms with Crippen molar-refractivity contribution in [1.29, 1.82) is 0 Å². The normalized spacial score (nSPS) is 11.9. The molecule has 1 aromatic rings. The minimum Gasteiger partial charge on any atom is -0.369 e. The molecule has 1 rings (SSSR count). The fraction of sp³-hybridized carbons (Fsp3) is 0.444. The molecule has 0 saturated heterocycles. The van der Waals surface area contributed by atoms with Gasteiger partial charge in [-0.25, -0.2) is 9.97 Å². The molecule has 88 valence electrons. The maximum absolute atomic E-state index is 10.9. The molecular weight excluding hydrogens is 274 g/mol. The number of carbonyl (C=O) groups is 1. The molecule has 0 aliphatic rings. The van der Waals surface area contributed by atoms with Gasteiger partial charge < -0.3 is 16.4 Å². The lowest BCUT2D eigenvalue weighted by molar-refractivity contribution is -0.118. The van der Waals surface area contributed by atoms with Crippen LogP contribution in [0.5, 0.6) is 0 Å². The van der Waals surface area contributed by atoms with Crippen LogP contribution in [-0.2, 0) is 4.79 Å². The minimum atomic E-state index is -0.485. The van der Waals surface area contributed by atoms with Crippen molar-refractivity contribution >= 4 is 33.5 Å². The molecule has 0 fully saturated rings. The van der Waals surface area contributed by atoms with E-state index in [-0.39, 0.29) is 0 Å². The molecule has 0 radical (unpaired) electrons. The molecule has 1 aromatic heterocycles. The van der Waals surface area contributed by atoms with E-state index in [1.807, 2.05) is 6.92 Å². The molecule has 0 aromatic carbocycles. The fourth-order valence-electron chi connectivity index (χ4n) is 1.04. The Labute approximate surface area is 102 Å². The second-order valence-corrected chi connectivity index (χ2v) is 3.98. The average Bonchev–Trinajstić information content (AvgIpc) is 2.24.